The molecule has 0 heterocycles. The zero-order chi connectivity index (χ0) is 12.1. The second-order valence-electron chi connectivity index (χ2n) is 4.01. The van der Waals surface area contributed by atoms with Crippen molar-refractivity contribution in [3.05, 3.63) is 64.6 Å². The molecule has 0 aliphatic heterocycles. The highest BCUT2D eigenvalue weighted by molar-refractivity contribution is 5.45. The summed E-state index contributed by atoms with van der Waals surface area (Å²) >= 11 is 0. The molecule has 0 amide bonds. The maximum atomic E-state index is 8.58. The summed E-state index contributed by atoms with van der Waals surface area (Å²) in [7, 11) is 0. The number of hydrogen-bond donors (Lipinski definition) is 1. The second-order valence-corrected chi connectivity index (χ2v) is 4.01. The van der Waals surface area contributed by atoms with Crippen LogP contribution in [0.2, 0.25) is 0 Å². The predicted molar refractivity (Wildman–Crippen MR) is 69.4 cm³/mol. The number of anilines is 1. The van der Waals surface area contributed by atoms with Gasteiger partial charge in [0.05, 0.1) is 0 Å². The Morgan fingerprint density at radius 1 is 0.824 bits per heavy atom. The summed E-state index contributed by atoms with van der Waals surface area (Å²) in [6, 6.07) is 15.5. The second kappa shape index (κ2) is 5.13. The lowest BCUT2D eigenvalue weighted by Crippen LogP contribution is -1.91. The van der Waals surface area contributed by atoms with Crippen molar-refractivity contribution in [1.82, 2.24) is 0 Å². The Balaban J connectivity index is 1.98. The van der Waals surface area contributed by atoms with Crippen molar-refractivity contribution >= 4 is 11.4 Å². The van der Waals surface area contributed by atoms with Gasteiger partial charge in [0.2, 0.25) is 5.39 Å². The first kappa shape index (κ1) is 11.2. The number of nitrogen functional groups attached to an aromatic ring is 1. The highest BCUT2D eigenvalue weighted by Crippen LogP contribution is 2.14. The number of rotatable bonds is 3. The van der Waals surface area contributed by atoms with E-state index in [-0.39, 0.29) is 0 Å². The van der Waals surface area contributed by atoms with Crippen molar-refractivity contribution in [3.63, 3.8) is 0 Å². The molecule has 0 fully saturated rings. The molecule has 0 saturated heterocycles. The van der Waals surface area contributed by atoms with E-state index in [9.17, 15) is 0 Å². The smallest absolute Gasteiger partial charge is 0.385 e. The van der Waals surface area contributed by atoms with E-state index in [1.807, 2.05) is 36.4 Å². The van der Waals surface area contributed by atoms with Gasteiger partial charge in [-0.15, -0.1) is 0 Å². The molecule has 3 heteroatoms. The van der Waals surface area contributed by atoms with Crippen molar-refractivity contribution in [2.75, 3.05) is 5.73 Å². The first-order valence-corrected chi connectivity index (χ1v) is 5.56. The van der Waals surface area contributed by atoms with Crippen molar-refractivity contribution in [1.29, 1.82) is 5.39 Å². The topological polar surface area (TPSA) is 54.2 Å². The van der Waals surface area contributed by atoms with E-state index < -0.39 is 0 Å². The van der Waals surface area contributed by atoms with Crippen LogP contribution < -0.4 is 5.73 Å². The fourth-order valence-corrected chi connectivity index (χ4v) is 1.70. The highest BCUT2D eigenvalue weighted by Gasteiger charge is 2.02. The minimum Gasteiger partial charge on any atom is -0.399 e. The Bertz CT molecular complexity index is 521. The molecule has 0 aliphatic carbocycles. The van der Waals surface area contributed by atoms with E-state index in [2.05, 4.69) is 4.98 Å². The van der Waals surface area contributed by atoms with Crippen LogP contribution in [-0.4, -0.2) is 0 Å². The third-order valence-corrected chi connectivity index (χ3v) is 2.73. The Morgan fingerprint density at radius 3 is 1.76 bits per heavy atom. The van der Waals surface area contributed by atoms with Gasteiger partial charge in [-0.1, -0.05) is 24.3 Å². The van der Waals surface area contributed by atoms with Crippen LogP contribution in [0.15, 0.2) is 48.5 Å². The quantitative estimate of drug-likeness (QED) is 0.640. The van der Waals surface area contributed by atoms with Gasteiger partial charge in [-0.05, 0) is 36.1 Å². The lowest BCUT2D eigenvalue weighted by atomic mass is 10.0. The number of benzene rings is 2. The van der Waals surface area contributed by atoms with Gasteiger partial charge in [0, 0.05) is 17.8 Å². The van der Waals surface area contributed by atoms with E-state index in [0.717, 1.165) is 18.5 Å². The molecule has 0 saturated carbocycles. The van der Waals surface area contributed by atoms with E-state index in [1.54, 1.807) is 12.1 Å². The summed E-state index contributed by atoms with van der Waals surface area (Å²) in [4.78, 5) is 3.13. The number of aryl methyl sites for hydroxylation is 2. The van der Waals surface area contributed by atoms with Crippen molar-refractivity contribution < 1.29 is 0 Å². The van der Waals surface area contributed by atoms with Crippen LogP contribution in [0.3, 0.4) is 0 Å². The normalized spacial score (nSPS) is 9.82. The molecule has 0 aliphatic rings. The van der Waals surface area contributed by atoms with Gasteiger partial charge in [-0.3, -0.25) is 0 Å². The van der Waals surface area contributed by atoms with Crippen LogP contribution in [0, 0.1) is 5.39 Å². The first-order chi connectivity index (χ1) is 8.28. The molecule has 0 aromatic heterocycles. The molecular formula is C14H14N3+. The van der Waals surface area contributed by atoms with E-state index in [4.69, 9.17) is 11.1 Å². The molecule has 0 radical (unpaired) electrons. The number of nitrogens with two attached hydrogens (primary N) is 1. The fraction of sp³-hybridized carbons (Fsp3) is 0.143. The van der Waals surface area contributed by atoms with Gasteiger partial charge in [-0.2, -0.15) is 0 Å². The number of nitrogens with zero attached hydrogens (tertiary/aromatic N) is 2. The van der Waals surface area contributed by atoms with E-state index >= 15 is 0 Å². The minimum atomic E-state index is 0.584. The molecule has 0 unspecified atom stereocenters. The summed E-state index contributed by atoms with van der Waals surface area (Å²) in [5.74, 6) is 0. The first-order valence-electron chi connectivity index (χ1n) is 5.56. The Hall–Kier alpha value is -2.34. The fourth-order valence-electron chi connectivity index (χ4n) is 1.70. The summed E-state index contributed by atoms with van der Waals surface area (Å²) in [6.07, 6.45) is 1.95. The molecule has 0 spiro atoms. The third kappa shape index (κ3) is 3.05. The molecule has 2 rings (SSSR count). The van der Waals surface area contributed by atoms with Crippen LogP contribution in [-0.2, 0) is 12.8 Å². The van der Waals surface area contributed by atoms with E-state index in [0.29, 0.717) is 5.69 Å². The summed E-state index contributed by atoms with van der Waals surface area (Å²) in [5.41, 5.74) is 9.51. The molecule has 2 aromatic rings. The van der Waals surface area contributed by atoms with Crippen molar-refractivity contribution in [2.45, 2.75) is 12.8 Å². The van der Waals surface area contributed by atoms with Crippen LogP contribution in [0.25, 0.3) is 4.98 Å². The summed E-state index contributed by atoms with van der Waals surface area (Å²) in [5, 5.41) is 8.58. The van der Waals surface area contributed by atoms with Gasteiger partial charge in [0.25, 0.3) is 0 Å². The number of hydrogen-bond acceptors (Lipinski definition) is 2. The molecular weight excluding hydrogens is 210 g/mol. The van der Waals surface area contributed by atoms with Crippen molar-refractivity contribution in [3.8, 4) is 0 Å². The molecule has 17 heavy (non-hydrogen) atoms. The average molecular weight is 224 g/mol. The molecule has 0 atom stereocenters. The number of diazo groups is 1. The third-order valence-electron chi connectivity index (χ3n) is 2.73. The van der Waals surface area contributed by atoms with Gasteiger partial charge < -0.3 is 5.73 Å². The molecule has 2 N–H and O–H groups in total. The monoisotopic (exact) mass is 224 g/mol. The minimum absolute atomic E-state index is 0.584. The Morgan fingerprint density at radius 2 is 1.29 bits per heavy atom. The predicted octanol–water partition coefficient (Wildman–Crippen LogP) is 3.54. The largest absolute Gasteiger partial charge is 0.399 e. The maximum Gasteiger partial charge on any atom is 0.385 e. The molecule has 0 bridgehead atoms. The highest BCUT2D eigenvalue weighted by atomic mass is 14.8. The molecule has 84 valence electrons. The lowest BCUT2D eigenvalue weighted by Gasteiger charge is -2.02. The SMILES string of the molecule is N#[N+]c1ccc(CCc2ccc(N)cc2)cc1. The van der Waals surface area contributed by atoms with E-state index in [1.165, 1.54) is 11.1 Å². The molecule has 3 nitrogen and oxygen atoms in total. The van der Waals surface area contributed by atoms with Crippen LogP contribution in [0.4, 0.5) is 11.4 Å². The zero-order valence-corrected chi connectivity index (χ0v) is 9.50. The standard InChI is InChI=1S/C14H14N3/c15-13-7-3-11(4-8-13)1-2-12-5-9-14(17-16)10-6-12/h3-10H,1-2,15H2/q+1. The van der Waals surface area contributed by atoms with Crippen molar-refractivity contribution in [2.24, 2.45) is 0 Å². The summed E-state index contributed by atoms with van der Waals surface area (Å²) in [6.45, 7) is 0. The van der Waals surface area contributed by atoms with Gasteiger partial charge in [-0.25, -0.2) is 0 Å². The zero-order valence-electron chi connectivity index (χ0n) is 9.50. The van der Waals surface area contributed by atoms with Gasteiger partial charge >= 0.3 is 5.69 Å². The van der Waals surface area contributed by atoms with Crippen LogP contribution >= 0.6 is 0 Å². The Labute approximate surface area is 101 Å². The van der Waals surface area contributed by atoms with Gasteiger partial charge in [0.1, 0.15) is 0 Å². The lowest BCUT2D eigenvalue weighted by molar-refractivity contribution is 0.961. The average Bonchev–Trinajstić information content (AvgIpc) is 2.39. The van der Waals surface area contributed by atoms with Gasteiger partial charge in [0.15, 0.2) is 4.98 Å². The Kier molecular flexibility index (Phi) is 3.37. The molecule has 2 aromatic carbocycles. The maximum absolute atomic E-state index is 8.58. The summed E-state index contributed by atoms with van der Waals surface area (Å²) < 4.78 is 0. The van der Waals surface area contributed by atoms with Crippen LogP contribution in [0.5, 0.6) is 0 Å². The van der Waals surface area contributed by atoms with Crippen LogP contribution in [0.1, 0.15) is 11.1 Å².